The zero-order valence-electron chi connectivity index (χ0n) is 34.5. The van der Waals surface area contributed by atoms with Gasteiger partial charge in [0.2, 0.25) is 23.2 Å². The van der Waals surface area contributed by atoms with Crippen LogP contribution in [0.4, 0.5) is 36.7 Å². The standard InChI is InChI=1S/C25H23F2N7O.C19H13BrFN7O/c1-14-16(9-29-20(23(14)27)12-33(3)4)18-11-31-25(34-13-22(28-2)32-24(18)34)30-10-17-15-7-8-35-21(15)6-5-19(17)26;1-22-16-9-28-18(26-16)12(17-13(20)8-25-27-17)7-24-19(28)23-6-11-10-4-5-29-15(10)3-2-14(11)21/h5-6,9,11,13H,7-8,10,12H2,1,3-4H3,(H,30,31);2-3,7-9H,4-6H2,(H,23,24)(H,25,27). The molecule has 8 aromatic rings. The van der Waals surface area contributed by atoms with E-state index in [1.165, 1.54) is 12.1 Å². The molecule has 2 aliphatic rings. The zero-order valence-corrected chi connectivity index (χ0v) is 36.1. The predicted octanol–water partition coefficient (Wildman–Crippen LogP) is 8.66. The number of anilines is 2. The first-order valence-corrected chi connectivity index (χ1v) is 20.7. The maximum absolute atomic E-state index is 15.1. The second-order valence-electron chi connectivity index (χ2n) is 15.1. The van der Waals surface area contributed by atoms with Crippen molar-refractivity contribution in [3.8, 4) is 33.9 Å². The smallest absolute Gasteiger partial charge is 0.288 e. The van der Waals surface area contributed by atoms with Crippen molar-refractivity contribution in [2.75, 3.05) is 37.9 Å². The monoisotopic (exact) mass is 928 g/mol. The molecule has 0 radical (unpaired) electrons. The summed E-state index contributed by atoms with van der Waals surface area (Å²) >= 11 is 3.44. The lowest BCUT2D eigenvalue weighted by Crippen LogP contribution is -2.14. The van der Waals surface area contributed by atoms with Crippen molar-refractivity contribution < 1.29 is 22.6 Å². The highest BCUT2D eigenvalue weighted by Crippen LogP contribution is 2.35. The Morgan fingerprint density at radius 3 is 1.81 bits per heavy atom. The van der Waals surface area contributed by atoms with Gasteiger partial charge in [-0.05, 0) is 66.8 Å². The summed E-state index contributed by atoms with van der Waals surface area (Å²) in [6.07, 6.45) is 10.9. The number of H-pyrrole nitrogens is 1. The molecule has 0 atom stereocenters. The van der Waals surface area contributed by atoms with Crippen LogP contribution in [0.5, 0.6) is 11.5 Å². The van der Waals surface area contributed by atoms with Gasteiger partial charge in [-0.25, -0.2) is 23.1 Å². The molecule has 2 aromatic carbocycles. The van der Waals surface area contributed by atoms with E-state index < -0.39 is 0 Å². The summed E-state index contributed by atoms with van der Waals surface area (Å²) in [7, 11) is 3.70. The molecule has 20 heteroatoms. The van der Waals surface area contributed by atoms with Gasteiger partial charge < -0.3 is 34.7 Å². The Morgan fingerprint density at radius 2 is 1.30 bits per heavy atom. The van der Waals surface area contributed by atoms with Crippen LogP contribution in [0.2, 0.25) is 0 Å². The van der Waals surface area contributed by atoms with Crippen LogP contribution in [-0.4, -0.2) is 76.1 Å². The van der Waals surface area contributed by atoms with Gasteiger partial charge in [-0.15, -0.1) is 0 Å². The van der Waals surface area contributed by atoms with Crippen LogP contribution in [-0.2, 0) is 32.5 Å². The van der Waals surface area contributed by atoms with Gasteiger partial charge in [0.15, 0.2) is 0 Å². The lowest BCUT2D eigenvalue weighted by atomic mass is 10.0. The Morgan fingerprint density at radius 1 is 0.766 bits per heavy atom. The Hall–Kier alpha value is -7.55. The van der Waals surface area contributed by atoms with Crippen LogP contribution < -0.4 is 20.1 Å². The third kappa shape index (κ3) is 7.77. The first kappa shape index (κ1) is 41.8. The van der Waals surface area contributed by atoms with E-state index in [-0.39, 0.29) is 42.2 Å². The van der Waals surface area contributed by atoms with Gasteiger partial charge >= 0.3 is 0 Å². The van der Waals surface area contributed by atoms with Crippen LogP contribution in [0.3, 0.4) is 0 Å². The predicted molar refractivity (Wildman–Crippen MR) is 235 cm³/mol. The molecular weight excluding hydrogens is 893 g/mol. The van der Waals surface area contributed by atoms with Crippen LogP contribution >= 0.6 is 15.9 Å². The number of pyridine rings is 1. The molecule has 0 spiro atoms. The summed E-state index contributed by atoms with van der Waals surface area (Å²) in [4.78, 5) is 30.8. The van der Waals surface area contributed by atoms with Gasteiger partial charge in [-0.2, -0.15) is 5.10 Å². The van der Waals surface area contributed by atoms with Crippen molar-refractivity contribution >= 4 is 50.8 Å². The first-order valence-electron chi connectivity index (χ1n) is 19.9. The Kier molecular flexibility index (Phi) is 11.3. The number of benzene rings is 2. The molecule has 3 N–H and O–H groups in total. The largest absolute Gasteiger partial charge is 0.493 e. The van der Waals surface area contributed by atoms with Crippen molar-refractivity contribution in [3.05, 3.63) is 140 Å². The minimum Gasteiger partial charge on any atom is -0.493 e. The number of ether oxygens (including phenoxy) is 2. The molecule has 16 nitrogen and oxygen atoms in total. The Balaban J connectivity index is 0.000000165. The van der Waals surface area contributed by atoms with E-state index in [0.29, 0.717) is 106 Å². The third-order valence-corrected chi connectivity index (χ3v) is 11.5. The summed E-state index contributed by atoms with van der Waals surface area (Å²) in [5.41, 5.74) is 7.03. The van der Waals surface area contributed by atoms with Gasteiger partial charge in [-0.1, -0.05) is 23.1 Å². The SMILES string of the molecule is [C-]#[N+]c1cn2c(NCc3c(F)ccc4c3CCO4)ncc(-c3[nH]ncc3Br)c2n1.[C-]#[N+]c1cn2c(NCc3c(F)ccc4c3CCO4)ncc(-c3cnc(CN(C)C)c(F)c3C)c2n1. The van der Waals surface area contributed by atoms with Gasteiger partial charge in [0.05, 0.1) is 46.4 Å². The second-order valence-corrected chi connectivity index (χ2v) is 16.0. The molecule has 64 heavy (non-hydrogen) atoms. The number of imidazole rings is 2. The fraction of sp³-hybridized carbons (Fsp3) is 0.227. The van der Waals surface area contributed by atoms with E-state index in [0.717, 1.165) is 21.3 Å². The summed E-state index contributed by atoms with van der Waals surface area (Å²) in [5.74, 6) is 1.66. The summed E-state index contributed by atoms with van der Waals surface area (Å²) in [6.45, 7) is 18.3. The lowest BCUT2D eigenvalue weighted by Gasteiger charge is -2.14. The van der Waals surface area contributed by atoms with Gasteiger partial charge in [0.25, 0.3) is 11.6 Å². The number of rotatable bonds is 10. The number of fused-ring (bicyclic) bond motifs is 4. The van der Waals surface area contributed by atoms with Crippen molar-refractivity contribution in [1.82, 2.24) is 48.8 Å². The summed E-state index contributed by atoms with van der Waals surface area (Å²) in [6, 6.07) is 6.11. The molecule has 0 unspecified atom stereocenters. The van der Waals surface area contributed by atoms with Gasteiger partial charge in [-0.3, -0.25) is 18.9 Å². The minimum atomic E-state index is -0.385. The van der Waals surface area contributed by atoms with Crippen molar-refractivity contribution in [1.29, 1.82) is 0 Å². The molecule has 0 saturated carbocycles. The number of aromatic amines is 1. The van der Waals surface area contributed by atoms with E-state index >= 15 is 4.39 Å². The number of halogens is 4. The van der Waals surface area contributed by atoms with Crippen LogP contribution in [0.15, 0.2) is 65.9 Å². The van der Waals surface area contributed by atoms with Crippen molar-refractivity contribution in [2.45, 2.75) is 39.4 Å². The molecule has 0 fully saturated rings. The number of aromatic nitrogens is 9. The molecule has 10 rings (SSSR count). The quantitative estimate of drug-likeness (QED) is 0.113. The number of nitrogens with one attached hydrogen (secondary N) is 3. The summed E-state index contributed by atoms with van der Waals surface area (Å²) < 4.78 is 59.2. The van der Waals surface area contributed by atoms with Crippen molar-refractivity contribution in [3.63, 3.8) is 0 Å². The highest BCUT2D eigenvalue weighted by atomic mass is 79.9. The highest BCUT2D eigenvalue weighted by molar-refractivity contribution is 9.10. The summed E-state index contributed by atoms with van der Waals surface area (Å²) in [5, 5.41) is 13.2. The molecular formula is C44H36BrF3N14O2. The van der Waals surface area contributed by atoms with E-state index in [1.807, 2.05) is 19.0 Å². The maximum atomic E-state index is 15.1. The number of hydrogen-bond acceptors (Lipinski definition) is 11. The number of nitrogens with zero attached hydrogens (tertiary/aromatic N) is 11. The highest BCUT2D eigenvalue weighted by Gasteiger charge is 2.25. The van der Waals surface area contributed by atoms with E-state index in [9.17, 15) is 8.78 Å². The molecule has 0 bridgehead atoms. The average Bonchev–Trinajstić information content (AvgIpc) is 4.15. The fourth-order valence-electron chi connectivity index (χ4n) is 7.79. The van der Waals surface area contributed by atoms with Crippen LogP contribution in [0.1, 0.15) is 33.5 Å². The number of hydrogen-bond donors (Lipinski definition) is 3. The average molecular weight is 930 g/mol. The molecule has 6 aromatic heterocycles. The third-order valence-electron chi connectivity index (χ3n) is 10.9. The van der Waals surface area contributed by atoms with Crippen LogP contribution in [0, 0.1) is 37.5 Å². The zero-order chi connectivity index (χ0) is 44.6. The first-order chi connectivity index (χ1) is 31.0. The second kappa shape index (κ2) is 17.3. The van der Waals surface area contributed by atoms with Gasteiger partial charge in [0.1, 0.15) is 29.0 Å². The van der Waals surface area contributed by atoms with Gasteiger partial charge in [0, 0.05) is 91.3 Å². The molecule has 322 valence electrons. The molecule has 2 aliphatic heterocycles. The topological polar surface area (TPSA) is 156 Å². The molecule has 0 saturated heterocycles. The molecule has 0 aliphatic carbocycles. The Bertz CT molecular complexity index is 3200. The molecule has 0 amide bonds. The van der Waals surface area contributed by atoms with E-state index in [1.54, 1.807) is 65.0 Å². The minimum absolute atomic E-state index is 0.165. The van der Waals surface area contributed by atoms with Crippen LogP contribution in [0.25, 0.3) is 43.4 Å². The maximum Gasteiger partial charge on any atom is 0.288 e. The van der Waals surface area contributed by atoms with E-state index in [2.05, 4.69) is 71.4 Å². The Labute approximate surface area is 371 Å². The lowest BCUT2D eigenvalue weighted by molar-refractivity contribution is 0.356. The molecule has 8 heterocycles. The normalized spacial score (nSPS) is 12.6. The van der Waals surface area contributed by atoms with E-state index in [4.69, 9.17) is 22.6 Å². The fourth-order valence-corrected chi connectivity index (χ4v) is 8.19. The van der Waals surface area contributed by atoms with Crippen molar-refractivity contribution in [2.24, 2.45) is 0 Å².